The van der Waals surface area contributed by atoms with Crippen LogP contribution in [0.5, 0.6) is 0 Å². The molecule has 3 unspecified atom stereocenters. The molecule has 0 aromatic heterocycles. The highest BCUT2D eigenvalue weighted by Gasteiger charge is 2.39. The van der Waals surface area contributed by atoms with Crippen LogP contribution in [0.1, 0.15) is 51.2 Å². The summed E-state index contributed by atoms with van der Waals surface area (Å²) in [4.78, 5) is 0. The Morgan fingerprint density at radius 1 is 1.17 bits per heavy atom. The highest BCUT2D eigenvalue weighted by Crippen LogP contribution is 2.37. The maximum atomic E-state index is 14.6. The average Bonchev–Trinajstić information content (AvgIpc) is 3.02. The first-order valence-corrected chi connectivity index (χ1v) is 10.4. The van der Waals surface area contributed by atoms with Crippen LogP contribution in [0.3, 0.4) is 0 Å². The lowest BCUT2D eigenvalue weighted by Gasteiger charge is -2.26. The fourth-order valence-electron chi connectivity index (χ4n) is 3.77. The second-order valence-electron chi connectivity index (χ2n) is 8.65. The van der Waals surface area contributed by atoms with Crippen LogP contribution in [0.4, 0.5) is 8.78 Å². The Bertz CT molecular complexity index is 837. The topological polar surface area (TPSA) is 35.8 Å². The highest BCUT2D eigenvalue weighted by atomic mass is 35.5. The molecule has 1 aliphatic rings. The number of rotatable bonds is 3. The molecule has 0 saturated carbocycles. The summed E-state index contributed by atoms with van der Waals surface area (Å²) in [6.45, 7) is 9.17. The van der Waals surface area contributed by atoms with Gasteiger partial charge in [-0.2, -0.15) is 5.26 Å². The number of hydrogen-bond acceptors (Lipinski definition) is 2. The molecule has 3 rings (SSSR count). The largest absolute Gasteiger partial charge is 0.312 e. The number of halogens is 3. The summed E-state index contributed by atoms with van der Waals surface area (Å²) in [6, 6.07) is 14.0. The van der Waals surface area contributed by atoms with Crippen molar-refractivity contribution in [3.8, 4) is 6.07 Å². The monoisotopic (exact) mass is 418 g/mol. The van der Waals surface area contributed by atoms with Gasteiger partial charge in [0.05, 0.1) is 12.0 Å². The summed E-state index contributed by atoms with van der Waals surface area (Å²) < 4.78 is 26.6. The maximum absolute atomic E-state index is 14.6. The van der Waals surface area contributed by atoms with Crippen LogP contribution in [-0.2, 0) is 6.42 Å². The van der Waals surface area contributed by atoms with Gasteiger partial charge in [0, 0.05) is 23.5 Å². The first kappa shape index (κ1) is 23.3. The van der Waals surface area contributed by atoms with E-state index in [1.54, 1.807) is 12.1 Å². The van der Waals surface area contributed by atoms with Crippen LogP contribution in [-0.4, -0.2) is 12.6 Å². The van der Waals surface area contributed by atoms with Gasteiger partial charge in [-0.15, -0.1) is 0 Å². The maximum Gasteiger partial charge on any atom is 0.129 e. The summed E-state index contributed by atoms with van der Waals surface area (Å²) in [5.41, 5.74) is 1.60. The van der Waals surface area contributed by atoms with Crippen molar-refractivity contribution in [2.24, 2.45) is 11.3 Å². The van der Waals surface area contributed by atoms with E-state index in [2.05, 4.69) is 32.2 Å². The lowest BCUT2D eigenvalue weighted by atomic mass is 9.79. The molecule has 5 heteroatoms. The Kier molecular flexibility index (Phi) is 8.19. The van der Waals surface area contributed by atoms with Gasteiger partial charge in [0.2, 0.25) is 0 Å². The highest BCUT2D eigenvalue weighted by molar-refractivity contribution is 6.30. The Morgan fingerprint density at radius 3 is 2.38 bits per heavy atom. The third-order valence-corrected chi connectivity index (χ3v) is 5.36. The minimum atomic E-state index is -0.294. The van der Waals surface area contributed by atoms with Gasteiger partial charge < -0.3 is 5.32 Å². The molecule has 1 heterocycles. The van der Waals surface area contributed by atoms with Gasteiger partial charge in [0.15, 0.2) is 0 Å². The Hall–Kier alpha value is -1.96. The first-order valence-electron chi connectivity index (χ1n) is 9.97. The van der Waals surface area contributed by atoms with Crippen LogP contribution >= 0.6 is 11.6 Å². The number of nitrogens with zero attached hydrogens (tertiary/aromatic N) is 1. The van der Waals surface area contributed by atoms with Crippen molar-refractivity contribution in [3.63, 3.8) is 0 Å². The van der Waals surface area contributed by atoms with Crippen molar-refractivity contribution in [3.05, 3.63) is 70.2 Å². The van der Waals surface area contributed by atoms with Crippen molar-refractivity contribution in [1.82, 2.24) is 5.32 Å². The lowest BCUT2D eigenvalue weighted by molar-refractivity contribution is 0.304. The van der Waals surface area contributed by atoms with Gasteiger partial charge in [0.1, 0.15) is 11.6 Å². The van der Waals surface area contributed by atoms with E-state index in [-0.39, 0.29) is 34.9 Å². The summed E-state index contributed by atoms with van der Waals surface area (Å²) in [6.07, 6.45) is 1.61. The molecule has 1 saturated heterocycles. The Labute approximate surface area is 177 Å². The molecule has 156 valence electrons. The van der Waals surface area contributed by atoms with Gasteiger partial charge in [-0.3, -0.25) is 0 Å². The molecule has 1 N–H and O–H groups in total. The van der Waals surface area contributed by atoms with E-state index in [4.69, 9.17) is 11.6 Å². The molecule has 0 aliphatic carbocycles. The van der Waals surface area contributed by atoms with E-state index in [1.807, 2.05) is 25.1 Å². The zero-order chi connectivity index (χ0) is 21.6. The predicted octanol–water partition coefficient (Wildman–Crippen LogP) is 6.50. The van der Waals surface area contributed by atoms with E-state index in [9.17, 15) is 14.0 Å². The zero-order valence-corrected chi connectivity index (χ0v) is 18.2. The molecule has 1 fully saturated rings. The number of nitrogens with one attached hydrogen (secondary N) is 1. The molecule has 0 radical (unpaired) electrons. The van der Waals surface area contributed by atoms with E-state index < -0.39 is 0 Å². The molecular weight excluding hydrogens is 390 g/mol. The van der Waals surface area contributed by atoms with Crippen LogP contribution in [0.2, 0.25) is 5.02 Å². The molecule has 1 aliphatic heterocycles. The van der Waals surface area contributed by atoms with Gasteiger partial charge in [-0.1, -0.05) is 63.6 Å². The van der Waals surface area contributed by atoms with Gasteiger partial charge in [-0.25, -0.2) is 8.78 Å². The van der Waals surface area contributed by atoms with Crippen molar-refractivity contribution in [2.75, 3.05) is 6.54 Å². The number of benzene rings is 2. The molecule has 2 aromatic rings. The number of hydrogen-bond donors (Lipinski definition) is 1. The van der Waals surface area contributed by atoms with E-state index in [0.717, 1.165) is 12.0 Å². The second kappa shape index (κ2) is 10.2. The standard InChI is InChI=1S/C18H25FN2.C6H4ClF/c1-5-12-7-6-8-13(17(12)19)15-11-21-16(14(15)10-20)9-18(2,3)4;7-5-2-1-3-6(8)4-5/h6-8,14-16,21H,5,9,11H2,1-4H3;1-4H. The fraction of sp³-hybridized carbons (Fsp3) is 0.458. The smallest absolute Gasteiger partial charge is 0.129 e. The van der Waals surface area contributed by atoms with Crippen molar-refractivity contribution >= 4 is 11.6 Å². The van der Waals surface area contributed by atoms with Gasteiger partial charge in [0.25, 0.3) is 0 Å². The quantitative estimate of drug-likeness (QED) is 0.617. The molecule has 3 atom stereocenters. The Balaban J connectivity index is 0.000000313. The SMILES string of the molecule is CCc1cccc(C2CNC(CC(C)(C)C)C2C#N)c1F.Fc1cccc(Cl)c1. The van der Waals surface area contributed by atoms with Crippen molar-refractivity contribution < 1.29 is 8.78 Å². The summed E-state index contributed by atoms with van der Waals surface area (Å²) in [5.74, 6) is -0.624. The molecule has 2 aromatic carbocycles. The normalized spacial score (nSPS) is 21.2. The van der Waals surface area contributed by atoms with E-state index in [0.29, 0.717) is 23.6 Å². The first-order chi connectivity index (χ1) is 13.7. The Morgan fingerprint density at radius 2 is 1.86 bits per heavy atom. The third-order valence-electron chi connectivity index (χ3n) is 5.12. The van der Waals surface area contributed by atoms with Gasteiger partial charge >= 0.3 is 0 Å². The van der Waals surface area contributed by atoms with Crippen LogP contribution in [0, 0.1) is 34.3 Å². The van der Waals surface area contributed by atoms with Gasteiger partial charge in [-0.05, 0) is 47.6 Å². The van der Waals surface area contributed by atoms with Crippen LogP contribution in [0.25, 0.3) is 0 Å². The molecule has 0 spiro atoms. The fourth-order valence-corrected chi connectivity index (χ4v) is 3.95. The van der Waals surface area contributed by atoms with Crippen molar-refractivity contribution in [1.29, 1.82) is 5.26 Å². The lowest BCUT2D eigenvalue weighted by Crippen LogP contribution is -2.31. The van der Waals surface area contributed by atoms with Crippen LogP contribution < -0.4 is 5.32 Å². The van der Waals surface area contributed by atoms with Crippen LogP contribution in [0.15, 0.2) is 42.5 Å². The molecule has 0 bridgehead atoms. The number of nitriles is 1. The molecule has 29 heavy (non-hydrogen) atoms. The second-order valence-corrected chi connectivity index (χ2v) is 9.09. The summed E-state index contributed by atoms with van der Waals surface area (Å²) in [5, 5.41) is 13.4. The van der Waals surface area contributed by atoms with E-state index >= 15 is 0 Å². The zero-order valence-electron chi connectivity index (χ0n) is 17.5. The molecular formula is C24H29ClF2N2. The summed E-state index contributed by atoms with van der Waals surface area (Å²) >= 11 is 5.40. The predicted molar refractivity (Wildman–Crippen MR) is 115 cm³/mol. The third kappa shape index (κ3) is 6.52. The molecule has 2 nitrogen and oxygen atoms in total. The minimum absolute atomic E-state index is 0.0474. The minimum Gasteiger partial charge on any atom is -0.312 e. The van der Waals surface area contributed by atoms with Crippen molar-refractivity contribution in [2.45, 2.75) is 52.5 Å². The molecule has 0 amide bonds. The van der Waals surface area contributed by atoms with E-state index in [1.165, 1.54) is 12.1 Å². The average molecular weight is 419 g/mol. The number of aryl methyl sites for hydroxylation is 1. The summed E-state index contributed by atoms with van der Waals surface area (Å²) in [7, 11) is 0.